The van der Waals surface area contributed by atoms with Gasteiger partial charge in [-0.3, -0.25) is 4.79 Å². The minimum absolute atomic E-state index is 0.115. The lowest BCUT2D eigenvalue weighted by Gasteiger charge is -2.17. The topological polar surface area (TPSA) is 98.5 Å². The lowest BCUT2D eigenvalue weighted by molar-refractivity contribution is 0.0936. The Kier molecular flexibility index (Phi) is 6.05. The number of hydrogen-bond donors (Lipinski definition) is 2. The van der Waals surface area contributed by atoms with Crippen LogP contribution in [0.25, 0.3) is 0 Å². The molecule has 1 atom stereocenters. The van der Waals surface area contributed by atoms with Crippen molar-refractivity contribution >= 4 is 15.9 Å². The standard InChI is InChI=1S/C19H24N2O4S/c1-12(2)14-5-7-15(8-6-14)13(3)21-19(22)17-11-16(26(20,23)24)9-10-18(17)25-4/h5-13H,1-4H3,(H,21,22)(H2,20,23,24). The van der Waals surface area contributed by atoms with Gasteiger partial charge in [0.15, 0.2) is 0 Å². The number of nitrogens with one attached hydrogen (secondary N) is 1. The Morgan fingerprint density at radius 3 is 2.12 bits per heavy atom. The quantitative estimate of drug-likeness (QED) is 0.810. The lowest BCUT2D eigenvalue weighted by atomic mass is 9.99. The highest BCUT2D eigenvalue weighted by molar-refractivity contribution is 7.89. The molecule has 3 N–H and O–H groups in total. The molecule has 2 aromatic carbocycles. The van der Waals surface area contributed by atoms with Crippen molar-refractivity contribution in [1.29, 1.82) is 0 Å². The summed E-state index contributed by atoms with van der Waals surface area (Å²) in [5.74, 6) is 0.268. The van der Waals surface area contributed by atoms with Gasteiger partial charge < -0.3 is 10.1 Å². The van der Waals surface area contributed by atoms with Crippen LogP contribution in [0.3, 0.4) is 0 Å². The molecule has 0 saturated carbocycles. The van der Waals surface area contributed by atoms with Crippen LogP contribution in [0.1, 0.15) is 54.2 Å². The fraction of sp³-hybridized carbons (Fsp3) is 0.316. The third-order valence-corrected chi connectivity index (χ3v) is 5.11. The van der Waals surface area contributed by atoms with E-state index in [1.807, 2.05) is 31.2 Å². The maximum Gasteiger partial charge on any atom is 0.255 e. The number of amides is 1. The van der Waals surface area contributed by atoms with Crippen molar-refractivity contribution in [2.75, 3.05) is 7.11 Å². The summed E-state index contributed by atoms with van der Waals surface area (Å²) in [6.45, 7) is 6.09. The summed E-state index contributed by atoms with van der Waals surface area (Å²) in [6, 6.07) is 11.7. The van der Waals surface area contributed by atoms with Crippen LogP contribution in [0.4, 0.5) is 0 Å². The third kappa shape index (κ3) is 4.62. The number of primary sulfonamides is 1. The lowest BCUT2D eigenvalue weighted by Crippen LogP contribution is -2.27. The molecule has 0 fully saturated rings. The van der Waals surface area contributed by atoms with Crippen LogP contribution in [0.15, 0.2) is 47.4 Å². The molecule has 1 unspecified atom stereocenters. The van der Waals surface area contributed by atoms with Crippen LogP contribution in [-0.4, -0.2) is 21.4 Å². The maximum atomic E-state index is 12.6. The van der Waals surface area contributed by atoms with Crippen molar-refractivity contribution in [3.63, 3.8) is 0 Å². The van der Waals surface area contributed by atoms with Gasteiger partial charge in [0.1, 0.15) is 5.75 Å². The summed E-state index contributed by atoms with van der Waals surface area (Å²) >= 11 is 0. The minimum Gasteiger partial charge on any atom is -0.496 e. The minimum atomic E-state index is -3.91. The second-order valence-corrected chi connectivity index (χ2v) is 7.99. The van der Waals surface area contributed by atoms with Crippen LogP contribution in [-0.2, 0) is 10.0 Å². The van der Waals surface area contributed by atoms with E-state index in [9.17, 15) is 13.2 Å². The van der Waals surface area contributed by atoms with E-state index in [1.165, 1.54) is 30.9 Å². The molecule has 2 rings (SSSR count). The molecule has 7 heteroatoms. The van der Waals surface area contributed by atoms with Crippen LogP contribution in [0, 0.1) is 0 Å². The van der Waals surface area contributed by atoms with Gasteiger partial charge in [0, 0.05) is 0 Å². The smallest absolute Gasteiger partial charge is 0.255 e. The van der Waals surface area contributed by atoms with Crippen molar-refractivity contribution in [2.24, 2.45) is 5.14 Å². The fourth-order valence-corrected chi connectivity index (χ4v) is 3.11. The Balaban J connectivity index is 2.25. The molecule has 0 aliphatic rings. The van der Waals surface area contributed by atoms with E-state index in [4.69, 9.17) is 9.88 Å². The molecule has 0 aromatic heterocycles. The van der Waals surface area contributed by atoms with Crippen molar-refractivity contribution in [1.82, 2.24) is 5.32 Å². The average Bonchev–Trinajstić information content (AvgIpc) is 2.60. The highest BCUT2D eigenvalue weighted by Crippen LogP contribution is 2.24. The van der Waals surface area contributed by atoms with Crippen LogP contribution in [0.2, 0.25) is 0 Å². The second-order valence-electron chi connectivity index (χ2n) is 6.42. The first kappa shape index (κ1) is 19.9. The highest BCUT2D eigenvalue weighted by atomic mass is 32.2. The summed E-state index contributed by atoms with van der Waals surface area (Å²) in [4.78, 5) is 12.5. The zero-order valence-electron chi connectivity index (χ0n) is 15.3. The van der Waals surface area contributed by atoms with Gasteiger partial charge in [-0.05, 0) is 42.2 Å². The summed E-state index contributed by atoms with van der Waals surface area (Å²) in [5.41, 5.74) is 2.28. The predicted octanol–water partition coefficient (Wildman–Crippen LogP) is 2.96. The highest BCUT2D eigenvalue weighted by Gasteiger charge is 2.19. The molecule has 0 saturated heterocycles. The second kappa shape index (κ2) is 7.88. The largest absolute Gasteiger partial charge is 0.496 e. The van der Waals surface area contributed by atoms with Crippen molar-refractivity contribution in [3.8, 4) is 5.75 Å². The van der Waals surface area contributed by atoms with E-state index < -0.39 is 15.9 Å². The Hall–Kier alpha value is -2.38. The van der Waals surface area contributed by atoms with Gasteiger partial charge in [-0.1, -0.05) is 38.1 Å². The molecular formula is C19H24N2O4S. The Labute approximate surface area is 154 Å². The van der Waals surface area contributed by atoms with Gasteiger partial charge in [0.05, 0.1) is 23.6 Å². The molecule has 26 heavy (non-hydrogen) atoms. The molecule has 0 bridgehead atoms. The number of methoxy groups -OCH3 is 1. The molecule has 6 nitrogen and oxygen atoms in total. The molecule has 0 radical (unpaired) electrons. The molecule has 140 valence electrons. The Morgan fingerprint density at radius 1 is 1.04 bits per heavy atom. The first-order chi connectivity index (χ1) is 12.1. The van der Waals surface area contributed by atoms with E-state index in [2.05, 4.69) is 19.2 Å². The zero-order chi connectivity index (χ0) is 19.5. The van der Waals surface area contributed by atoms with E-state index in [-0.39, 0.29) is 22.3 Å². The molecule has 0 aliphatic carbocycles. The first-order valence-corrected chi connectivity index (χ1v) is 9.79. The van der Waals surface area contributed by atoms with Crippen LogP contribution in [0.5, 0.6) is 5.75 Å². The summed E-state index contributed by atoms with van der Waals surface area (Å²) in [7, 11) is -2.50. The van der Waals surface area contributed by atoms with Gasteiger partial charge >= 0.3 is 0 Å². The molecule has 0 heterocycles. The first-order valence-electron chi connectivity index (χ1n) is 8.25. The third-order valence-electron chi connectivity index (χ3n) is 4.19. The van der Waals surface area contributed by atoms with E-state index in [0.717, 1.165) is 5.56 Å². The SMILES string of the molecule is COc1ccc(S(N)(=O)=O)cc1C(=O)NC(C)c1ccc(C(C)C)cc1. The van der Waals surface area contributed by atoms with E-state index in [0.29, 0.717) is 5.92 Å². The van der Waals surface area contributed by atoms with Gasteiger partial charge in [-0.15, -0.1) is 0 Å². The zero-order valence-corrected chi connectivity index (χ0v) is 16.1. The number of nitrogens with two attached hydrogens (primary N) is 1. The van der Waals surface area contributed by atoms with Crippen molar-refractivity contribution in [3.05, 3.63) is 59.2 Å². The van der Waals surface area contributed by atoms with Crippen LogP contribution >= 0.6 is 0 Å². The summed E-state index contributed by atoms with van der Waals surface area (Å²) in [5, 5.41) is 8.01. The summed E-state index contributed by atoms with van der Waals surface area (Å²) < 4.78 is 28.3. The molecular weight excluding hydrogens is 352 g/mol. The fourth-order valence-electron chi connectivity index (χ4n) is 2.57. The number of carbonyl (C=O) groups is 1. The number of benzene rings is 2. The number of hydrogen-bond acceptors (Lipinski definition) is 4. The number of rotatable bonds is 6. The van der Waals surface area contributed by atoms with E-state index in [1.54, 1.807) is 0 Å². The number of sulfonamides is 1. The van der Waals surface area contributed by atoms with Crippen LogP contribution < -0.4 is 15.2 Å². The molecule has 1 amide bonds. The normalized spacial score (nSPS) is 12.7. The van der Waals surface area contributed by atoms with E-state index >= 15 is 0 Å². The predicted molar refractivity (Wildman–Crippen MR) is 101 cm³/mol. The number of ether oxygens (including phenoxy) is 1. The average molecular weight is 376 g/mol. The van der Waals surface area contributed by atoms with Crippen molar-refractivity contribution in [2.45, 2.75) is 37.6 Å². The molecule has 0 spiro atoms. The molecule has 0 aliphatic heterocycles. The number of carbonyl (C=O) groups excluding carboxylic acids is 1. The van der Waals surface area contributed by atoms with Gasteiger partial charge in [0.25, 0.3) is 5.91 Å². The van der Waals surface area contributed by atoms with Gasteiger partial charge in [-0.2, -0.15) is 0 Å². The molecule has 2 aromatic rings. The summed E-state index contributed by atoms with van der Waals surface area (Å²) in [6.07, 6.45) is 0. The van der Waals surface area contributed by atoms with Gasteiger partial charge in [-0.25, -0.2) is 13.6 Å². The monoisotopic (exact) mass is 376 g/mol. The van der Waals surface area contributed by atoms with Crippen molar-refractivity contribution < 1.29 is 17.9 Å². The van der Waals surface area contributed by atoms with Gasteiger partial charge in [0.2, 0.25) is 10.0 Å². The Bertz CT molecular complexity index is 890. The Morgan fingerprint density at radius 2 is 1.62 bits per heavy atom. The maximum absolute atomic E-state index is 12.6.